The second-order valence-corrected chi connectivity index (χ2v) is 10.8. The minimum absolute atomic E-state index is 0.337. The molecule has 3 heterocycles. The number of hydrogen-bond donors (Lipinski definition) is 3. The summed E-state index contributed by atoms with van der Waals surface area (Å²) < 4.78 is 7.50. The van der Waals surface area contributed by atoms with E-state index in [2.05, 4.69) is 45.9 Å². The van der Waals surface area contributed by atoms with E-state index in [1.807, 2.05) is 10.7 Å². The Kier molecular flexibility index (Phi) is 7.07. The number of nitrogens with zero attached hydrogens (tertiary/aromatic N) is 4. The molecule has 8 nitrogen and oxygen atoms in total. The molecule has 192 valence electrons. The van der Waals surface area contributed by atoms with Gasteiger partial charge in [-0.15, -0.1) is 0 Å². The number of nitrogens with one attached hydrogen (secondary N) is 2. The average molecular weight is 490 g/mol. The number of hydrogen-bond acceptors (Lipinski definition) is 7. The van der Waals surface area contributed by atoms with Crippen LogP contribution < -0.4 is 16.4 Å². The first kappa shape index (κ1) is 23.7. The lowest BCUT2D eigenvalue weighted by Crippen LogP contribution is -2.35. The number of morpholine rings is 1. The lowest BCUT2D eigenvalue weighted by molar-refractivity contribution is 0.0342. The monoisotopic (exact) mass is 489 g/mol. The van der Waals surface area contributed by atoms with Crippen LogP contribution in [0.2, 0.25) is 0 Å². The maximum atomic E-state index is 6.15. The van der Waals surface area contributed by atoms with Crippen molar-refractivity contribution in [2.24, 2.45) is 5.73 Å². The molecule has 1 saturated heterocycles. The fourth-order valence-electron chi connectivity index (χ4n) is 6.05. The van der Waals surface area contributed by atoms with Crippen LogP contribution in [0, 0.1) is 0 Å². The van der Waals surface area contributed by atoms with Crippen LogP contribution in [0.1, 0.15) is 68.4 Å². The van der Waals surface area contributed by atoms with Gasteiger partial charge in [-0.3, -0.25) is 4.90 Å². The van der Waals surface area contributed by atoms with E-state index < -0.39 is 0 Å². The van der Waals surface area contributed by atoms with E-state index in [-0.39, 0.29) is 0 Å². The Morgan fingerprint density at radius 1 is 1.00 bits per heavy atom. The Morgan fingerprint density at radius 2 is 1.81 bits per heavy atom. The Bertz CT molecular complexity index is 1160. The molecular weight excluding hydrogens is 450 g/mol. The summed E-state index contributed by atoms with van der Waals surface area (Å²) in [5.41, 5.74) is 10.8. The number of fused-ring (bicyclic) bond motifs is 1. The van der Waals surface area contributed by atoms with Crippen LogP contribution in [-0.2, 0) is 11.3 Å². The first-order valence-corrected chi connectivity index (χ1v) is 13.8. The lowest BCUT2D eigenvalue weighted by atomic mass is 9.92. The molecule has 2 aliphatic carbocycles. The van der Waals surface area contributed by atoms with E-state index in [1.54, 1.807) is 0 Å². The maximum Gasteiger partial charge on any atom is 0.163 e. The highest BCUT2D eigenvalue weighted by atomic mass is 16.5. The van der Waals surface area contributed by atoms with Crippen molar-refractivity contribution >= 4 is 23.0 Å². The normalized spacial score (nSPS) is 23.8. The molecule has 2 saturated carbocycles. The molecular formula is C28H39N7O. The largest absolute Gasteiger partial charge is 0.379 e. The molecule has 3 fully saturated rings. The standard InChI is InChI=1S/C28H39N7O/c29-22-8-10-23(11-9-22)31-26-17-27(35-28(33-26)25(18-30-35)21-5-1-2-6-21)32-24-7-3-4-20(16-24)19-34-12-14-36-15-13-34/h3-4,7,16-18,21-23,32H,1-2,5-6,8-15,19,29H2,(H,31,33). The Morgan fingerprint density at radius 3 is 2.61 bits per heavy atom. The molecule has 0 atom stereocenters. The first-order valence-electron chi connectivity index (χ1n) is 13.8. The second-order valence-electron chi connectivity index (χ2n) is 10.8. The highest BCUT2D eigenvalue weighted by molar-refractivity contribution is 5.66. The van der Waals surface area contributed by atoms with E-state index in [9.17, 15) is 0 Å². The van der Waals surface area contributed by atoms with E-state index in [4.69, 9.17) is 20.6 Å². The first-order chi connectivity index (χ1) is 17.7. The molecule has 1 aliphatic heterocycles. The predicted molar refractivity (Wildman–Crippen MR) is 144 cm³/mol. The molecule has 1 aromatic carbocycles. The quantitative estimate of drug-likeness (QED) is 0.445. The molecule has 8 heteroatoms. The topological polar surface area (TPSA) is 92.7 Å². The summed E-state index contributed by atoms with van der Waals surface area (Å²) in [5.74, 6) is 2.43. The average Bonchev–Trinajstić information content (AvgIpc) is 3.57. The fourth-order valence-corrected chi connectivity index (χ4v) is 6.05. The number of aromatic nitrogens is 3. The van der Waals surface area contributed by atoms with Gasteiger partial charge in [0.1, 0.15) is 11.6 Å². The number of nitrogens with two attached hydrogens (primary N) is 1. The third-order valence-electron chi connectivity index (χ3n) is 8.13. The molecule has 0 bridgehead atoms. The summed E-state index contributed by atoms with van der Waals surface area (Å²) in [4.78, 5) is 7.54. The molecule has 0 amide bonds. The van der Waals surface area contributed by atoms with Crippen molar-refractivity contribution in [3.63, 3.8) is 0 Å². The van der Waals surface area contributed by atoms with Gasteiger partial charge in [0.2, 0.25) is 0 Å². The van der Waals surface area contributed by atoms with E-state index in [1.165, 1.54) is 36.8 Å². The van der Waals surface area contributed by atoms with E-state index in [0.29, 0.717) is 18.0 Å². The van der Waals surface area contributed by atoms with Crippen molar-refractivity contribution in [3.05, 3.63) is 47.7 Å². The predicted octanol–water partition coefficient (Wildman–Crippen LogP) is 4.64. The molecule has 0 unspecified atom stereocenters. The number of ether oxygens (including phenoxy) is 1. The van der Waals surface area contributed by atoms with Gasteiger partial charge in [0, 0.05) is 49.0 Å². The highest BCUT2D eigenvalue weighted by Gasteiger charge is 2.24. The summed E-state index contributed by atoms with van der Waals surface area (Å²) >= 11 is 0. The summed E-state index contributed by atoms with van der Waals surface area (Å²) in [6.45, 7) is 4.55. The minimum Gasteiger partial charge on any atom is -0.379 e. The molecule has 36 heavy (non-hydrogen) atoms. The van der Waals surface area contributed by atoms with Crippen LogP contribution in [0.5, 0.6) is 0 Å². The molecule has 6 rings (SSSR count). The zero-order valence-electron chi connectivity index (χ0n) is 21.2. The third-order valence-corrected chi connectivity index (χ3v) is 8.13. The fraction of sp³-hybridized carbons (Fsp3) is 0.571. The highest BCUT2D eigenvalue weighted by Crippen LogP contribution is 2.37. The van der Waals surface area contributed by atoms with Gasteiger partial charge in [-0.2, -0.15) is 9.61 Å². The molecule has 0 spiro atoms. The molecule has 3 aliphatic rings. The molecule has 0 radical (unpaired) electrons. The van der Waals surface area contributed by atoms with Crippen molar-refractivity contribution in [1.82, 2.24) is 19.5 Å². The smallest absolute Gasteiger partial charge is 0.163 e. The van der Waals surface area contributed by atoms with Crippen molar-refractivity contribution in [2.75, 3.05) is 36.9 Å². The van der Waals surface area contributed by atoms with Crippen LogP contribution in [0.25, 0.3) is 5.65 Å². The summed E-state index contributed by atoms with van der Waals surface area (Å²) in [6, 6.07) is 11.6. The van der Waals surface area contributed by atoms with Gasteiger partial charge in [0.15, 0.2) is 5.65 Å². The molecule has 4 N–H and O–H groups in total. The Hall–Kier alpha value is -2.68. The summed E-state index contributed by atoms with van der Waals surface area (Å²) in [7, 11) is 0. The van der Waals surface area contributed by atoms with Crippen molar-refractivity contribution in [1.29, 1.82) is 0 Å². The van der Waals surface area contributed by atoms with Crippen molar-refractivity contribution in [2.45, 2.75) is 75.9 Å². The van der Waals surface area contributed by atoms with Gasteiger partial charge in [0.05, 0.1) is 19.4 Å². The van der Waals surface area contributed by atoms with Crippen LogP contribution in [0.15, 0.2) is 36.5 Å². The maximum absolute atomic E-state index is 6.15. The second kappa shape index (κ2) is 10.7. The van der Waals surface area contributed by atoms with Gasteiger partial charge in [-0.25, -0.2) is 4.98 Å². The van der Waals surface area contributed by atoms with Crippen molar-refractivity contribution < 1.29 is 4.74 Å². The van der Waals surface area contributed by atoms with E-state index in [0.717, 1.165) is 81.5 Å². The Balaban J connectivity index is 1.28. The van der Waals surface area contributed by atoms with Gasteiger partial charge in [-0.1, -0.05) is 25.0 Å². The lowest BCUT2D eigenvalue weighted by Gasteiger charge is -2.27. The number of rotatable bonds is 7. The zero-order valence-corrected chi connectivity index (χ0v) is 21.2. The number of anilines is 3. The minimum atomic E-state index is 0.337. The van der Waals surface area contributed by atoms with Gasteiger partial charge in [-0.05, 0) is 62.1 Å². The van der Waals surface area contributed by atoms with Gasteiger partial charge < -0.3 is 21.1 Å². The number of benzene rings is 1. The van der Waals surface area contributed by atoms with Crippen LogP contribution >= 0.6 is 0 Å². The van der Waals surface area contributed by atoms with Gasteiger partial charge in [0.25, 0.3) is 0 Å². The zero-order chi connectivity index (χ0) is 24.3. The summed E-state index contributed by atoms with van der Waals surface area (Å²) in [5, 5.41) is 12.2. The van der Waals surface area contributed by atoms with Gasteiger partial charge >= 0.3 is 0 Å². The Labute approximate surface area is 213 Å². The van der Waals surface area contributed by atoms with Crippen LogP contribution in [0.3, 0.4) is 0 Å². The third kappa shape index (κ3) is 5.36. The molecule has 2 aromatic heterocycles. The SMILES string of the molecule is NC1CCC(Nc2cc(Nc3cccc(CN4CCOCC4)c3)n3ncc(C4CCCC4)c3n2)CC1. The van der Waals surface area contributed by atoms with Crippen LogP contribution in [-0.4, -0.2) is 57.9 Å². The van der Waals surface area contributed by atoms with Crippen molar-refractivity contribution in [3.8, 4) is 0 Å². The summed E-state index contributed by atoms with van der Waals surface area (Å²) in [6.07, 6.45) is 11.4. The van der Waals surface area contributed by atoms with E-state index >= 15 is 0 Å². The van der Waals surface area contributed by atoms with Crippen LogP contribution in [0.4, 0.5) is 17.3 Å². The molecule has 3 aromatic rings.